The third-order valence-corrected chi connectivity index (χ3v) is 5.58. The van der Waals surface area contributed by atoms with E-state index >= 15 is 0 Å². The third kappa shape index (κ3) is 4.28. The van der Waals surface area contributed by atoms with Crippen LogP contribution in [-0.2, 0) is 17.8 Å². The molecular weight excluding hydrogens is 381 g/mol. The van der Waals surface area contributed by atoms with E-state index in [4.69, 9.17) is 28.2 Å². The minimum absolute atomic E-state index is 0.0840. The van der Waals surface area contributed by atoms with Crippen LogP contribution >= 0.6 is 23.2 Å². The van der Waals surface area contributed by atoms with Crippen LogP contribution in [-0.4, -0.2) is 21.5 Å². The minimum atomic E-state index is 0.0840. The van der Waals surface area contributed by atoms with Crippen molar-refractivity contribution in [3.63, 3.8) is 0 Å². The molecule has 0 unspecified atom stereocenters. The molecule has 1 N–H and O–H groups in total. The average molecular weight is 402 g/mol. The van der Waals surface area contributed by atoms with Gasteiger partial charge in [-0.3, -0.25) is 4.79 Å². The van der Waals surface area contributed by atoms with Crippen LogP contribution in [0.5, 0.6) is 0 Å². The molecule has 0 bridgehead atoms. The van der Waals surface area contributed by atoms with Crippen LogP contribution in [0.15, 0.2) is 36.4 Å². The molecule has 1 aromatic heterocycles. The molecule has 140 valence electrons. The van der Waals surface area contributed by atoms with Gasteiger partial charge in [0.05, 0.1) is 21.1 Å². The summed E-state index contributed by atoms with van der Waals surface area (Å²) in [4.78, 5) is 16.9. The highest BCUT2D eigenvalue weighted by molar-refractivity contribution is 6.42. The van der Waals surface area contributed by atoms with Gasteiger partial charge in [-0.25, -0.2) is 4.98 Å². The Balaban J connectivity index is 1.64. The predicted octanol–water partition coefficient (Wildman–Crippen LogP) is 4.91. The van der Waals surface area contributed by atoms with Crippen molar-refractivity contribution in [3.05, 3.63) is 63.4 Å². The fourth-order valence-corrected chi connectivity index (χ4v) is 3.50. The minimum Gasteiger partial charge on any atom is -0.353 e. The first-order valence-corrected chi connectivity index (χ1v) is 9.94. The van der Waals surface area contributed by atoms with Gasteiger partial charge in [-0.2, -0.15) is 0 Å². The number of aryl methyl sites for hydroxylation is 2. The monoisotopic (exact) mass is 401 g/mol. The van der Waals surface area contributed by atoms with E-state index in [2.05, 4.69) is 41.1 Å². The molecule has 4 rings (SSSR count). The number of halogens is 2. The van der Waals surface area contributed by atoms with Gasteiger partial charge in [-0.05, 0) is 37.5 Å². The Morgan fingerprint density at radius 1 is 1.19 bits per heavy atom. The van der Waals surface area contributed by atoms with Crippen molar-refractivity contribution in [2.75, 3.05) is 0 Å². The topological polar surface area (TPSA) is 46.9 Å². The summed E-state index contributed by atoms with van der Waals surface area (Å²) in [5.41, 5.74) is 4.11. The second-order valence-corrected chi connectivity index (χ2v) is 8.00. The third-order valence-electron chi connectivity index (χ3n) is 4.86. The second kappa shape index (κ2) is 7.53. The van der Waals surface area contributed by atoms with E-state index < -0.39 is 0 Å². The van der Waals surface area contributed by atoms with Gasteiger partial charge < -0.3 is 9.88 Å². The standard InChI is InChI=1S/C21H21Cl2N3O/c1-13-2-4-14(5-3-13)10-20-25-18-11-16(22)17(23)12-19(18)26(20)9-8-21(27)24-15-6-7-15/h2-5,11-12,15H,6-10H2,1H3,(H,24,27). The largest absolute Gasteiger partial charge is 0.353 e. The van der Waals surface area contributed by atoms with Gasteiger partial charge in [0, 0.05) is 25.4 Å². The van der Waals surface area contributed by atoms with Crippen LogP contribution in [0.3, 0.4) is 0 Å². The van der Waals surface area contributed by atoms with Gasteiger partial charge in [0.1, 0.15) is 5.82 Å². The van der Waals surface area contributed by atoms with Gasteiger partial charge in [0.2, 0.25) is 5.91 Å². The maximum absolute atomic E-state index is 12.2. The molecule has 1 aliphatic rings. The van der Waals surface area contributed by atoms with Crippen LogP contribution < -0.4 is 5.32 Å². The van der Waals surface area contributed by atoms with E-state index in [1.807, 2.05) is 6.07 Å². The fraction of sp³-hybridized carbons (Fsp3) is 0.333. The van der Waals surface area contributed by atoms with Gasteiger partial charge in [-0.15, -0.1) is 0 Å². The number of benzene rings is 2. The highest BCUT2D eigenvalue weighted by Gasteiger charge is 2.23. The van der Waals surface area contributed by atoms with Gasteiger partial charge in [0.25, 0.3) is 0 Å². The molecule has 1 aliphatic carbocycles. The molecule has 3 aromatic rings. The zero-order chi connectivity index (χ0) is 19.0. The molecule has 6 heteroatoms. The lowest BCUT2D eigenvalue weighted by molar-refractivity contribution is -0.121. The Kier molecular flexibility index (Phi) is 5.11. The molecule has 0 saturated heterocycles. The lowest BCUT2D eigenvalue weighted by atomic mass is 10.1. The number of hydrogen-bond donors (Lipinski definition) is 1. The molecule has 4 nitrogen and oxygen atoms in total. The second-order valence-electron chi connectivity index (χ2n) is 7.19. The zero-order valence-corrected chi connectivity index (χ0v) is 16.6. The van der Waals surface area contributed by atoms with Gasteiger partial charge in [-0.1, -0.05) is 53.0 Å². The van der Waals surface area contributed by atoms with E-state index in [1.165, 1.54) is 11.1 Å². The van der Waals surface area contributed by atoms with Crippen LogP contribution in [0.2, 0.25) is 10.0 Å². The first-order chi connectivity index (χ1) is 13.0. The molecule has 0 spiro atoms. The van der Waals surface area contributed by atoms with Gasteiger partial charge >= 0.3 is 0 Å². The normalized spacial score (nSPS) is 13.9. The predicted molar refractivity (Wildman–Crippen MR) is 110 cm³/mol. The van der Waals surface area contributed by atoms with Gasteiger partial charge in [0.15, 0.2) is 0 Å². The molecule has 2 aromatic carbocycles. The summed E-state index contributed by atoms with van der Waals surface area (Å²) in [6.45, 7) is 2.63. The molecule has 0 aliphatic heterocycles. The van der Waals surface area contributed by atoms with E-state index in [9.17, 15) is 4.79 Å². The van der Waals surface area contributed by atoms with E-state index in [1.54, 1.807) is 6.07 Å². The summed E-state index contributed by atoms with van der Waals surface area (Å²) in [6, 6.07) is 12.4. The molecular formula is C21H21Cl2N3O. The fourth-order valence-electron chi connectivity index (χ4n) is 3.18. The highest BCUT2D eigenvalue weighted by Crippen LogP contribution is 2.29. The summed E-state index contributed by atoms with van der Waals surface area (Å²) in [6.07, 6.45) is 3.29. The van der Waals surface area contributed by atoms with Crippen molar-refractivity contribution < 1.29 is 4.79 Å². The number of nitrogens with one attached hydrogen (secondary N) is 1. The average Bonchev–Trinajstić information content (AvgIpc) is 3.38. The number of nitrogens with zero attached hydrogens (tertiary/aromatic N) is 2. The SMILES string of the molecule is Cc1ccc(Cc2nc3cc(Cl)c(Cl)cc3n2CCC(=O)NC2CC2)cc1. The maximum atomic E-state index is 12.2. The van der Waals surface area contributed by atoms with Crippen LogP contribution in [0.25, 0.3) is 11.0 Å². The molecule has 1 amide bonds. The van der Waals surface area contributed by atoms with Crippen molar-refractivity contribution in [1.82, 2.24) is 14.9 Å². The lowest BCUT2D eigenvalue weighted by Crippen LogP contribution is -2.26. The Bertz CT molecular complexity index is 991. The molecule has 27 heavy (non-hydrogen) atoms. The quantitative estimate of drug-likeness (QED) is 0.637. The molecule has 1 fully saturated rings. The van der Waals surface area contributed by atoms with Crippen molar-refractivity contribution in [2.45, 2.75) is 45.2 Å². The smallest absolute Gasteiger partial charge is 0.222 e. The Morgan fingerprint density at radius 3 is 2.59 bits per heavy atom. The summed E-state index contributed by atoms with van der Waals surface area (Å²) in [7, 11) is 0. The number of carbonyl (C=O) groups is 1. The summed E-state index contributed by atoms with van der Waals surface area (Å²) >= 11 is 12.4. The number of fused-ring (bicyclic) bond motifs is 1. The van der Waals surface area contributed by atoms with E-state index in [0.29, 0.717) is 35.5 Å². The molecule has 1 heterocycles. The zero-order valence-electron chi connectivity index (χ0n) is 15.1. The van der Waals surface area contributed by atoms with Crippen molar-refractivity contribution in [1.29, 1.82) is 0 Å². The van der Waals surface area contributed by atoms with Crippen molar-refractivity contribution in [2.24, 2.45) is 0 Å². The number of hydrogen-bond acceptors (Lipinski definition) is 2. The first-order valence-electron chi connectivity index (χ1n) is 9.18. The Morgan fingerprint density at radius 2 is 1.89 bits per heavy atom. The van der Waals surface area contributed by atoms with Crippen LogP contribution in [0, 0.1) is 6.92 Å². The maximum Gasteiger partial charge on any atom is 0.222 e. The summed E-state index contributed by atoms with van der Waals surface area (Å²) in [5, 5.41) is 4.02. The summed E-state index contributed by atoms with van der Waals surface area (Å²) < 4.78 is 2.09. The number of amides is 1. The molecule has 1 saturated carbocycles. The summed E-state index contributed by atoms with van der Waals surface area (Å²) in [5.74, 6) is 0.993. The highest BCUT2D eigenvalue weighted by atomic mass is 35.5. The molecule has 0 atom stereocenters. The number of aromatic nitrogens is 2. The molecule has 0 radical (unpaired) electrons. The van der Waals surface area contributed by atoms with Crippen molar-refractivity contribution in [3.8, 4) is 0 Å². The number of rotatable bonds is 6. The number of imidazole rings is 1. The van der Waals surface area contributed by atoms with Crippen molar-refractivity contribution >= 4 is 40.1 Å². The van der Waals surface area contributed by atoms with Crippen LogP contribution in [0.4, 0.5) is 0 Å². The van der Waals surface area contributed by atoms with E-state index in [0.717, 1.165) is 29.7 Å². The Labute approximate surface area is 168 Å². The van der Waals surface area contributed by atoms with E-state index in [-0.39, 0.29) is 5.91 Å². The lowest BCUT2D eigenvalue weighted by Gasteiger charge is -2.10. The number of carbonyl (C=O) groups excluding carboxylic acids is 1. The Hall–Kier alpha value is -2.04. The first kappa shape index (κ1) is 18.3. The van der Waals surface area contributed by atoms with Crippen LogP contribution in [0.1, 0.15) is 36.2 Å².